The van der Waals surface area contributed by atoms with Crippen LogP contribution in [0, 0.1) is 6.92 Å². The summed E-state index contributed by atoms with van der Waals surface area (Å²) in [4.78, 5) is 24.1. The number of aliphatic hydroxyl groups is 2. The van der Waals surface area contributed by atoms with Crippen LogP contribution in [0.2, 0.25) is 0 Å². The Morgan fingerprint density at radius 3 is 2.84 bits per heavy atom. The molecule has 1 aromatic heterocycles. The quantitative estimate of drug-likeness (QED) is 0.671. The number of aliphatic hydroxyl groups excluding tert-OH is 2. The molecule has 3 atom stereocenters. The molecule has 8 heteroatoms. The first-order valence-corrected chi connectivity index (χ1v) is 7.00. The highest BCUT2D eigenvalue weighted by Gasteiger charge is 2.48. The first-order chi connectivity index (χ1) is 8.93. The molecule has 0 saturated carbocycles. The smallest absolute Gasteiger partial charge is 0.330 e. The van der Waals surface area contributed by atoms with Crippen molar-refractivity contribution >= 4 is 11.8 Å². The van der Waals surface area contributed by atoms with Gasteiger partial charge >= 0.3 is 5.69 Å². The second-order valence-corrected chi connectivity index (χ2v) is 5.58. The molecule has 0 spiro atoms. The Balaban J connectivity index is 2.38. The van der Waals surface area contributed by atoms with E-state index in [-0.39, 0.29) is 13.0 Å². The van der Waals surface area contributed by atoms with Gasteiger partial charge in [-0.05, 0) is 13.2 Å². The normalized spacial score (nSPS) is 30.7. The molecule has 2 heterocycles. The molecule has 3 N–H and O–H groups in total. The molecule has 2 rings (SSSR count). The minimum Gasteiger partial charge on any atom is -0.392 e. The van der Waals surface area contributed by atoms with Gasteiger partial charge in [-0.1, -0.05) is 0 Å². The van der Waals surface area contributed by atoms with E-state index in [1.54, 1.807) is 13.2 Å². The Hall–Kier alpha value is -1.09. The molecule has 7 nitrogen and oxygen atoms in total. The summed E-state index contributed by atoms with van der Waals surface area (Å²) in [6.07, 6.45) is 1.68. The SMILES string of the molecule is Cc1cn([C@H]2C[C@H](O)[C@](CO)(S[11CH3])O2)c(=O)[nH]c1=O. The van der Waals surface area contributed by atoms with Crippen LogP contribution in [-0.4, -0.2) is 43.7 Å². The molecule has 19 heavy (non-hydrogen) atoms. The minimum atomic E-state index is -1.13. The van der Waals surface area contributed by atoms with Crippen molar-refractivity contribution in [3.63, 3.8) is 0 Å². The van der Waals surface area contributed by atoms with Gasteiger partial charge in [-0.15, -0.1) is 11.8 Å². The monoisotopic (exact) mass is 287 g/mol. The fraction of sp³-hybridized carbons (Fsp3) is 0.636. The molecule has 0 radical (unpaired) electrons. The number of hydrogen-bond acceptors (Lipinski definition) is 6. The molecule has 1 saturated heterocycles. The number of rotatable bonds is 3. The average Bonchev–Trinajstić information content (AvgIpc) is 2.71. The van der Waals surface area contributed by atoms with Crippen molar-refractivity contribution in [3.05, 3.63) is 32.6 Å². The van der Waals surface area contributed by atoms with Crippen LogP contribution in [-0.2, 0) is 4.74 Å². The van der Waals surface area contributed by atoms with Crippen molar-refractivity contribution in [2.45, 2.75) is 30.6 Å². The number of nitrogens with zero attached hydrogens (tertiary/aromatic N) is 1. The molecule has 0 amide bonds. The zero-order valence-corrected chi connectivity index (χ0v) is 11.4. The summed E-state index contributed by atoms with van der Waals surface area (Å²) in [5.74, 6) is 0. The van der Waals surface area contributed by atoms with Gasteiger partial charge in [-0.25, -0.2) is 4.79 Å². The van der Waals surface area contributed by atoms with Crippen LogP contribution in [0.5, 0.6) is 0 Å². The van der Waals surface area contributed by atoms with Gasteiger partial charge in [0.05, 0.1) is 12.7 Å². The van der Waals surface area contributed by atoms with Gasteiger partial charge in [0.15, 0.2) is 4.93 Å². The Morgan fingerprint density at radius 1 is 1.63 bits per heavy atom. The summed E-state index contributed by atoms with van der Waals surface area (Å²) in [7, 11) is 0. The number of aromatic amines is 1. The van der Waals surface area contributed by atoms with Crippen molar-refractivity contribution in [1.29, 1.82) is 0 Å². The van der Waals surface area contributed by atoms with Crippen LogP contribution >= 0.6 is 11.8 Å². The van der Waals surface area contributed by atoms with E-state index < -0.39 is 28.5 Å². The number of aryl methyl sites for hydroxylation is 1. The summed E-state index contributed by atoms with van der Waals surface area (Å²) in [6.45, 7) is 1.22. The molecule has 0 unspecified atom stereocenters. The summed E-state index contributed by atoms with van der Waals surface area (Å²) in [5.41, 5.74) is -0.663. The van der Waals surface area contributed by atoms with Crippen LogP contribution in [0.1, 0.15) is 18.2 Å². The third-order valence-electron chi connectivity index (χ3n) is 3.29. The molecular formula is C11H16N2O5S. The van der Waals surface area contributed by atoms with Crippen LogP contribution in [0.25, 0.3) is 0 Å². The Morgan fingerprint density at radius 2 is 2.32 bits per heavy atom. The summed E-state index contributed by atoms with van der Waals surface area (Å²) < 4.78 is 6.86. The fourth-order valence-electron chi connectivity index (χ4n) is 2.09. The van der Waals surface area contributed by atoms with Crippen molar-refractivity contribution < 1.29 is 14.9 Å². The molecule has 0 aliphatic carbocycles. The predicted octanol–water partition coefficient (Wildman–Crippen LogP) is -0.824. The van der Waals surface area contributed by atoms with Gasteiger partial charge < -0.3 is 14.9 Å². The maximum atomic E-state index is 11.8. The number of aromatic nitrogens is 2. The van der Waals surface area contributed by atoms with E-state index in [4.69, 9.17) is 4.74 Å². The first kappa shape index (κ1) is 14.3. The molecule has 106 valence electrons. The van der Waals surface area contributed by atoms with E-state index in [2.05, 4.69) is 4.98 Å². The highest BCUT2D eigenvalue weighted by atomic mass is 32.2. The van der Waals surface area contributed by atoms with E-state index in [0.29, 0.717) is 5.56 Å². The molecule has 0 aromatic carbocycles. The third-order valence-corrected chi connectivity index (χ3v) is 4.48. The largest absolute Gasteiger partial charge is 0.392 e. The van der Waals surface area contributed by atoms with Crippen molar-refractivity contribution in [1.82, 2.24) is 9.55 Å². The van der Waals surface area contributed by atoms with Gasteiger partial charge in [0.25, 0.3) is 5.56 Å². The summed E-state index contributed by atoms with van der Waals surface area (Å²) in [5, 5.41) is 19.4. The van der Waals surface area contributed by atoms with Crippen molar-refractivity contribution in [2.75, 3.05) is 12.9 Å². The van der Waals surface area contributed by atoms with E-state index >= 15 is 0 Å². The number of H-pyrrole nitrogens is 1. The summed E-state index contributed by atoms with van der Waals surface area (Å²) in [6, 6.07) is 0. The topological polar surface area (TPSA) is 105 Å². The Kier molecular flexibility index (Phi) is 3.86. The van der Waals surface area contributed by atoms with Crippen LogP contribution < -0.4 is 11.2 Å². The summed E-state index contributed by atoms with van der Waals surface area (Å²) >= 11 is 1.19. The Labute approximate surface area is 113 Å². The van der Waals surface area contributed by atoms with E-state index in [1.807, 2.05) is 0 Å². The van der Waals surface area contributed by atoms with E-state index in [1.165, 1.54) is 22.5 Å². The van der Waals surface area contributed by atoms with E-state index in [9.17, 15) is 19.8 Å². The Bertz CT molecular complexity index is 577. The lowest BCUT2D eigenvalue weighted by atomic mass is 10.2. The minimum absolute atomic E-state index is 0.173. The second-order valence-electron chi connectivity index (χ2n) is 4.48. The molecule has 1 aliphatic rings. The lowest BCUT2D eigenvalue weighted by Gasteiger charge is -2.27. The molecule has 1 aliphatic heterocycles. The van der Waals surface area contributed by atoms with Crippen molar-refractivity contribution in [3.8, 4) is 0 Å². The van der Waals surface area contributed by atoms with Gasteiger partial charge in [-0.3, -0.25) is 14.3 Å². The van der Waals surface area contributed by atoms with Gasteiger partial charge in [0.2, 0.25) is 0 Å². The van der Waals surface area contributed by atoms with Crippen molar-refractivity contribution in [2.24, 2.45) is 0 Å². The lowest BCUT2D eigenvalue weighted by molar-refractivity contribution is -0.0691. The van der Waals surface area contributed by atoms with Gasteiger partial charge in [0.1, 0.15) is 6.23 Å². The van der Waals surface area contributed by atoms with Crippen LogP contribution in [0.15, 0.2) is 15.8 Å². The van der Waals surface area contributed by atoms with Gasteiger partial charge in [0, 0.05) is 18.2 Å². The molecule has 1 fully saturated rings. The maximum absolute atomic E-state index is 11.8. The van der Waals surface area contributed by atoms with Crippen LogP contribution in [0.4, 0.5) is 0 Å². The lowest BCUT2D eigenvalue weighted by Crippen LogP contribution is -2.39. The number of nitrogens with one attached hydrogen (secondary N) is 1. The standard InChI is InChI=1S/C11H16N2O5S/c1-6-4-13(10(17)12-9(6)16)8-3-7(15)11(5-14,18-8)19-2/h4,7-8,14-15H,3,5H2,1-2H3,(H,12,16,17)/t7-,8+,11-/m0/s1/i2-1. The number of ether oxygens (including phenoxy) is 1. The second kappa shape index (κ2) is 5.12. The number of hydrogen-bond donors (Lipinski definition) is 3. The fourth-order valence-corrected chi connectivity index (χ4v) is 2.79. The highest BCUT2D eigenvalue weighted by molar-refractivity contribution is 7.99. The zero-order chi connectivity index (χ0) is 14.2. The predicted molar refractivity (Wildman–Crippen MR) is 70.1 cm³/mol. The van der Waals surface area contributed by atoms with Gasteiger partial charge in [-0.2, -0.15) is 0 Å². The average molecular weight is 287 g/mol. The molecule has 0 bridgehead atoms. The highest BCUT2D eigenvalue weighted by Crippen LogP contribution is 2.42. The van der Waals surface area contributed by atoms with E-state index in [0.717, 1.165) is 0 Å². The third kappa shape index (κ3) is 2.36. The molecular weight excluding hydrogens is 271 g/mol. The number of thioether (sulfide) groups is 1. The zero-order valence-electron chi connectivity index (χ0n) is 10.6. The maximum Gasteiger partial charge on any atom is 0.330 e. The molecule has 1 aromatic rings. The first-order valence-electron chi connectivity index (χ1n) is 5.77. The van der Waals surface area contributed by atoms with Crippen LogP contribution in [0.3, 0.4) is 0 Å².